The Kier molecular flexibility index (Phi) is 4.44. The first-order valence-electron chi connectivity index (χ1n) is 4.20. The minimum atomic E-state index is -3.30. The van der Waals surface area contributed by atoms with Gasteiger partial charge in [0.05, 0.1) is 4.90 Å². The molecular formula is C9H13NO2S2. The van der Waals surface area contributed by atoms with Crippen LogP contribution in [0.5, 0.6) is 0 Å². The van der Waals surface area contributed by atoms with E-state index in [9.17, 15) is 8.42 Å². The lowest BCUT2D eigenvalue weighted by Gasteiger charge is -2.04. The summed E-state index contributed by atoms with van der Waals surface area (Å²) >= 11 is 1.61. The van der Waals surface area contributed by atoms with Crippen LogP contribution in [0.3, 0.4) is 0 Å². The van der Waals surface area contributed by atoms with Crippen molar-refractivity contribution in [3.8, 4) is 0 Å². The third kappa shape index (κ3) is 3.32. The molecule has 0 aliphatic rings. The summed E-state index contributed by atoms with van der Waals surface area (Å²) in [6, 6.07) is 8.38. The van der Waals surface area contributed by atoms with Crippen molar-refractivity contribution < 1.29 is 8.42 Å². The van der Waals surface area contributed by atoms with E-state index in [1.54, 1.807) is 42.1 Å². The molecule has 0 amide bonds. The Morgan fingerprint density at radius 3 is 2.50 bits per heavy atom. The molecule has 1 rings (SSSR count). The molecule has 3 nitrogen and oxygen atoms in total. The first-order valence-corrected chi connectivity index (χ1v) is 7.08. The van der Waals surface area contributed by atoms with Crippen molar-refractivity contribution in [1.82, 2.24) is 4.72 Å². The summed E-state index contributed by atoms with van der Waals surface area (Å²) in [5, 5.41) is 0. The molecule has 0 bridgehead atoms. The highest BCUT2D eigenvalue weighted by atomic mass is 32.2. The Morgan fingerprint density at radius 1 is 1.29 bits per heavy atom. The molecule has 0 aliphatic carbocycles. The third-order valence-corrected chi connectivity index (χ3v) is 3.74. The molecule has 0 unspecified atom stereocenters. The normalized spacial score (nSPS) is 11.5. The maximum Gasteiger partial charge on any atom is 0.240 e. The summed E-state index contributed by atoms with van der Waals surface area (Å²) in [7, 11) is -3.30. The molecule has 0 atom stereocenters. The van der Waals surface area contributed by atoms with Gasteiger partial charge in [-0.2, -0.15) is 11.8 Å². The number of benzene rings is 1. The van der Waals surface area contributed by atoms with Gasteiger partial charge in [0.25, 0.3) is 0 Å². The maximum absolute atomic E-state index is 11.6. The number of sulfonamides is 1. The molecule has 78 valence electrons. The van der Waals surface area contributed by atoms with E-state index in [1.165, 1.54) is 0 Å². The zero-order valence-electron chi connectivity index (χ0n) is 7.93. The Bertz CT molecular complexity index is 362. The van der Waals surface area contributed by atoms with E-state index >= 15 is 0 Å². The van der Waals surface area contributed by atoms with Gasteiger partial charge < -0.3 is 0 Å². The lowest BCUT2D eigenvalue weighted by molar-refractivity contribution is 0.584. The highest BCUT2D eigenvalue weighted by Crippen LogP contribution is 2.06. The molecule has 1 N–H and O–H groups in total. The molecule has 0 saturated carbocycles. The van der Waals surface area contributed by atoms with Gasteiger partial charge in [-0.3, -0.25) is 0 Å². The fourth-order valence-electron chi connectivity index (χ4n) is 0.961. The minimum absolute atomic E-state index is 0.320. The molecule has 0 fully saturated rings. The van der Waals surface area contributed by atoms with Gasteiger partial charge in [0.2, 0.25) is 10.0 Å². The first kappa shape index (κ1) is 11.6. The number of hydrogen-bond acceptors (Lipinski definition) is 3. The SMILES string of the molecule is CSCCNS(=O)(=O)c1ccccc1. The molecule has 0 heterocycles. The molecule has 1 aromatic rings. The van der Waals surface area contributed by atoms with E-state index in [2.05, 4.69) is 4.72 Å². The Balaban J connectivity index is 2.67. The molecule has 1 aromatic carbocycles. The van der Waals surface area contributed by atoms with Crippen LogP contribution in [0, 0.1) is 0 Å². The second-order valence-electron chi connectivity index (χ2n) is 2.70. The topological polar surface area (TPSA) is 46.2 Å². The van der Waals surface area contributed by atoms with Crippen LogP contribution < -0.4 is 4.72 Å². The zero-order valence-corrected chi connectivity index (χ0v) is 9.57. The van der Waals surface area contributed by atoms with Crippen LogP contribution in [-0.2, 0) is 10.0 Å². The van der Waals surface area contributed by atoms with Gasteiger partial charge in [0.1, 0.15) is 0 Å². The summed E-state index contributed by atoms with van der Waals surface area (Å²) < 4.78 is 25.7. The second-order valence-corrected chi connectivity index (χ2v) is 5.46. The average Bonchev–Trinajstić information content (AvgIpc) is 2.19. The molecule has 0 aromatic heterocycles. The van der Waals surface area contributed by atoms with Crippen molar-refractivity contribution in [2.75, 3.05) is 18.6 Å². The number of hydrogen-bond donors (Lipinski definition) is 1. The fraction of sp³-hybridized carbons (Fsp3) is 0.333. The van der Waals surface area contributed by atoms with E-state index in [1.807, 2.05) is 6.26 Å². The van der Waals surface area contributed by atoms with Gasteiger partial charge in [-0.1, -0.05) is 18.2 Å². The van der Waals surface area contributed by atoms with E-state index in [4.69, 9.17) is 0 Å². The van der Waals surface area contributed by atoms with Gasteiger partial charge >= 0.3 is 0 Å². The Hall–Kier alpha value is -0.520. The first-order chi connectivity index (χ1) is 6.67. The quantitative estimate of drug-likeness (QED) is 0.778. The predicted molar refractivity (Wildman–Crippen MR) is 60.0 cm³/mol. The fourth-order valence-corrected chi connectivity index (χ4v) is 2.45. The summed E-state index contributed by atoms with van der Waals surface area (Å²) in [5.74, 6) is 0.784. The number of thioether (sulfide) groups is 1. The van der Waals surface area contributed by atoms with Crippen LogP contribution in [0.4, 0.5) is 0 Å². The lowest BCUT2D eigenvalue weighted by Crippen LogP contribution is -2.25. The summed E-state index contributed by atoms with van der Waals surface area (Å²) in [5.41, 5.74) is 0. The van der Waals surface area contributed by atoms with Crippen LogP contribution in [0.25, 0.3) is 0 Å². The van der Waals surface area contributed by atoms with Crippen LogP contribution in [0.15, 0.2) is 35.2 Å². The van der Waals surface area contributed by atoms with Crippen LogP contribution in [-0.4, -0.2) is 27.0 Å². The highest BCUT2D eigenvalue weighted by molar-refractivity contribution is 7.98. The van der Waals surface area contributed by atoms with Crippen LogP contribution in [0.1, 0.15) is 0 Å². The minimum Gasteiger partial charge on any atom is -0.210 e. The van der Waals surface area contributed by atoms with Crippen molar-refractivity contribution in [3.05, 3.63) is 30.3 Å². The van der Waals surface area contributed by atoms with Crippen LogP contribution in [0.2, 0.25) is 0 Å². The zero-order chi connectivity index (χ0) is 10.4. The van der Waals surface area contributed by atoms with Crippen molar-refractivity contribution in [3.63, 3.8) is 0 Å². The molecule has 0 aliphatic heterocycles. The lowest BCUT2D eigenvalue weighted by atomic mass is 10.4. The van der Waals surface area contributed by atoms with E-state index in [-0.39, 0.29) is 0 Å². The van der Waals surface area contributed by atoms with Crippen molar-refractivity contribution >= 4 is 21.8 Å². The van der Waals surface area contributed by atoms with E-state index in [0.717, 1.165) is 5.75 Å². The second kappa shape index (κ2) is 5.38. The predicted octanol–water partition coefficient (Wildman–Crippen LogP) is 1.33. The van der Waals surface area contributed by atoms with E-state index in [0.29, 0.717) is 11.4 Å². The molecule has 0 saturated heterocycles. The van der Waals surface area contributed by atoms with Crippen molar-refractivity contribution in [2.45, 2.75) is 4.90 Å². The van der Waals surface area contributed by atoms with Gasteiger partial charge in [-0.15, -0.1) is 0 Å². The summed E-state index contributed by atoms with van der Waals surface area (Å²) in [4.78, 5) is 0.320. The third-order valence-electron chi connectivity index (χ3n) is 1.65. The van der Waals surface area contributed by atoms with Crippen molar-refractivity contribution in [1.29, 1.82) is 0 Å². The van der Waals surface area contributed by atoms with Gasteiger partial charge in [-0.05, 0) is 18.4 Å². The average molecular weight is 231 g/mol. The largest absolute Gasteiger partial charge is 0.240 e. The Morgan fingerprint density at radius 2 is 1.93 bits per heavy atom. The van der Waals surface area contributed by atoms with Gasteiger partial charge in [-0.25, -0.2) is 13.1 Å². The summed E-state index contributed by atoms with van der Waals surface area (Å²) in [6.07, 6.45) is 1.94. The molecular weight excluding hydrogens is 218 g/mol. The smallest absolute Gasteiger partial charge is 0.210 e. The van der Waals surface area contributed by atoms with Crippen molar-refractivity contribution in [2.24, 2.45) is 0 Å². The van der Waals surface area contributed by atoms with Gasteiger partial charge in [0, 0.05) is 12.3 Å². The maximum atomic E-state index is 11.6. The molecule has 5 heteroatoms. The highest BCUT2D eigenvalue weighted by Gasteiger charge is 2.11. The van der Waals surface area contributed by atoms with E-state index < -0.39 is 10.0 Å². The summed E-state index contributed by atoms with van der Waals surface area (Å²) in [6.45, 7) is 0.471. The molecule has 0 spiro atoms. The molecule has 14 heavy (non-hydrogen) atoms. The Labute approximate surface area is 89.0 Å². The number of nitrogens with one attached hydrogen (secondary N) is 1. The standard InChI is InChI=1S/C9H13NO2S2/c1-13-8-7-10-14(11,12)9-5-3-2-4-6-9/h2-6,10H,7-8H2,1H3. The molecule has 0 radical (unpaired) electrons. The monoisotopic (exact) mass is 231 g/mol. The number of rotatable bonds is 5. The van der Waals surface area contributed by atoms with Gasteiger partial charge in [0.15, 0.2) is 0 Å². The van der Waals surface area contributed by atoms with Crippen LogP contribution >= 0.6 is 11.8 Å².